The largest absolute Gasteiger partial charge is 0.416 e. The molecule has 0 bridgehead atoms. The van der Waals surface area contributed by atoms with Gasteiger partial charge in [-0.2, -0.15) is 44.7 Å². The highest BCUT2D eigenvalue weighted by molar-refractivity contribution is 6.14. The Morgan fingerprint density at radius 2 is 0.619 bits per heavy atom. The molecular weight excluding hydrogens is 1050 g/mol. The van der Waals surface area contributed by atoms with E-state index in [2.05, 4.69) is 51.6 Å². The van der Waals surface area contributed by atoms with Crippen molar-refractivity contribution in [2.45, 2.75) is 6.18 Å². The van der Waals surface area contributed by atoms with Gasteiger partial charge in [-0.05, 0) is 171 Å². The Balaban J connectivity index is 1.10. The van der Waals surface area contributed by atoms with E-state index in [1.54, 1.807) is 36.4 Å². The molecule has 0 spiro atoms. The fourth-order valence-electron chi connectivity index (χ4n) is 11.8. The molecule has 390 valence electrons. The Bertz CT molecular complexity index is 5000. The monoisotopic (exact) mass is 1080 g/mol. The second kappa shape index (κ2) is 20.4. The topological polar surface area (TPSA) is 153 Å². The lowest BCUT2D eigenvalue weighted by Gasteiger charge is -2.19. The normalized spacial score (nSPS) is 11.2. The molecule has 11 aromatic carbocycles. The van der Waals surface area contributed by atoms with Gasteiger partial charge in [-0.1, -0.05) is 109 Å². The van der Waals surface area contributed by atoms with Crippen LogP contribution >= 0.6 is 0 Å². The number of aromatic nitrogens is 2. The van der Waals surface area contributed by atoms with E-state index in [0.29, 0.717) is 50.3 Å². The summed E-state index contributed by atoms with van der Waals surface area (Å²) in [4.78, 5) is 0. The van der Waals surface area contributed by atoms with Crippen molar-refractivity contribution in [3.05, 3.63) is 263 Å². The lowest BCUT2D eigenvalue weighted by molar-refractivity contribution is -0.137. The predicted molar refractivity (Wildman–Crippen MR) is 321 cm³/mol. The number of hydrogen-bond acceptors (Lipinski definition) is 6. The molecule has 0 fully saturated rings. The highest BCUT2D eigenvalue weighted by Gasteiger charge is 2.32. The molecule has 0 atom stereocenters. The minimum absolute atomic E-state index is 0.191. The SMILES string of the molecule is N#Cc1ccccc1-c1ccc2c(c1)c1cc(-c3ccccc3C#N)ccc1n2-c1ccc(C#N)c(-c2cc(-c3ccc(C(F)(F)F)cc3C#N)ccc2-n2c3ccc(-c4ccccc4C#N)cc3c3cc(-c4ccccc4C#N)ccc32)c1. The summed E-state index contributed by atoms with van der Waals surface area (Å²) < 4.78 is 46.8. The summed E-state index contributed by atoms with van der Waals surface area (Å²) in [6, 6.07) is 81.4. The average Bonchev–Trinajstić information content (AvgIpc) is 3.72. The molecular formula is C73H37F3N8. The fourth-order valence-corrected chi connectivity index (χ4v) is 11.8. The molecule has 2 aromatic heterocycles. The molecule has 0 saturated carbocycles. The van der Waals surface area contributed by atoms with Crippen LogP contribution in [0.5, 0.6) is 0 Å². The van der Waals surface area contributed by atoms with Crippen molar-refractivity contribution in [1.29, 1.82) is 31.6 Å². The smallest absolute Gasteiger partial charge is 0.309 e. The molecule has 0 radical (unpaired) electrons. The van der Waals surface area contributed by atoms with E-state index in [0.717, 1.165) is 100 Å². The number of benzene rings is 11. The van der Waals surface area contributed by atoms with Crippen molar-refractivity contribution in [3.8, 4) is 115 Å². The Labute approximate surface area is 479 Å². The summed E-state index contributed by atoms with van der Waals surface area (Å²) in [6.45, 7) is 0. The summed E-state index contributed by atoms with van der Waals surface area (Å²) >= 11 is 0. The Morgan fingerprint density at radius 3 is 1.01 bits per heavy atom. The number of rotatable bonds is 8. The number of fused-ring (bicyclic) bond motifs is 6. The molecule has 13 rings (SSSR count). The van der Waals surface area contributed by atoms with Crippen molar-refractivity contribution >= 4 is 43.6 Å². The summed E-state index contributed by atoms with van der Waals surface area (Å²) in [5.41, 5.74) is 13.3. The number of nitriles is 6. The second-order valence-electron chi connectivity index (χ2n) is 20.2. The molecule has 0 saturated heterocycles. The molecule has 0 amide bonds. The molecule has 11 heteroatoms. The molecule has 8 nitrogen and oxygen atoms in total. The number of halogens is 3. The van der Waals surface area contributed by atoms with E-state index in [4.69, 9.17) is 0 Å². The van der Waals surface area contributed by atoms with Crippen LogP contribution in [-0.2, 0) is 6.18 Å². The zero-order chi connectivity index (χ0) is 57.8. The zero-order valence-electron chi connectivity index (χ0n) is 44.1. The van der Waals surface area contributed by atoms with Gasteiger partial charge < -0.3 is 9.13 Å². The van der Waals surface area contributed by atoms with E-state index in [1.165, 1.54) is 6.07 Å². The maximum Gasteiger partial charge on any atom is 0.416 e. The molecule has 13 aromatic rings. The molecule has 0 aliphatic carbocycles. The summed E-state index contributed by atoms with van der Waals surface area (Å²) in [5.74, 6) is 0. The molecule has 0 aliphatic heterocycles. The Kier molecular flexibility index (Phi) is 12.5. The molecule has 0 aliphatic rings. The first-order chi connectivity index (χ1) is 41.0. The maximum absolute atomic E-state index is 14.2. The summed E-state index contributed by atoms with van der Waals surface area (Å²) in [5, 5.41) is 65.8. The number of alkyl halides is 3. The molecule has 0 N–H and O–H groups in total. The third-order valence-electron chi connectivity index (χ3n) is 15.7. The quantitative estimate of drug-likeness (QED) is 0.148. The van der Waals surface area contributed by atoms with Gasteiger partial charge in [0, 0.05) is 38.4 Å². The van der Waals surface area contributed by atoms with Crippen molar-refractivity contribution < 1.29 is 13.2 Å². The van der Waals surface area contributed by atoms with E-state index >= 15 is 0 Å². The van der Waals surface area contributed by atoms with Crippen molar-refractivity contribution in [2.75, 3.05) is 0 Å². The lowest BCUT2D eigenvalue weighted by Crippen LogP contribution is -2.05. The predicted octanol–water partition coefficient (Wildman–Crippen LogP) is 18.1. The van der Waals surface area contributed by atoms with Crippen molar-refractivity contribution in [1.82, 2.24) is 9.13 Å². The molecule has 84 heavy (non-hydrogen) atoms. The van der Waals surface area contributed by atoms with Gasteiger partial charge in [-0.25, -0.2) is 0 Å². The Hall–Kier alpha value is -12.3. The molecule has 0 unspecified atom stereocenters. The van der Waals surface area contributed by atoms with E-state index < -0.39 is 11.7 Å². The van der Waals surface area contributed by atoms with Crippen LogP contribution in [0.4, 0.5) is 13.2 Å². The van der Waals surface area contributed by atoms with Crippen molar-refractivity contribution in [3.63, 3.8) is 0 Å². The maximum atomic E-state index is 14.2. The van der Waals surface area contributed by atoms with Gasteiger partial charge in [-0.3, -0.25) is 0 Å². The van der Waals surface area contributed by atoms with E-state index in [1.807, 2.05) is 164 Å². The van der Waals surface area contributed by atoms with Gasteiger partial charge in [0.05, 0.1) is 103 Å². The van der Waals surface area contributed by atoms with Gasteiger partial charge in [0.15, 0.2) is 0 Å². The van der Waals surface area contributed by atoms with Gasteiger partial charge >= 0.3 is 6.18 Å². The van der Waals surface area contributed by atoms with Crippen LogP contribution in [0, 0.1) is 68.0 Å². The van der Waals surface area contributed by atoms with Crippen LogP contribution < -0.4 is 0 Å². The van der Waals surface area contributed by atoms with Crippen LogP contribution in [0.25, 0.3) is 122 Å². The van der Waals surface area contributed by atoms with Gasteiger partial charge in [-0.15, -0.1) is 0 Å². The van der Waals surface area contributed by atoms with Gasteiger partial charge in [0.2, 0.25) is 0 Å². The van der Waals surface area contributed by atoms with E-state index in [9.17, 15) is 44.7 Å². The Morgan fingerprint density at radius 1 is 0.274 bits per heavy atom. The van der Waals surface area contributed by atoms with E-state index in [-0.39, 0.29) is 16.7 Å². The first-order valence-electron chi connectivity index (χ1n) is 26.5. The highest BCUT2D eigenvalue weighted by Crippen LogP contribution is 2.45. The third kappa shape index (κ3) is 8.52. The highest BCUT2D eigenvalue weighted by atomic mass is 19.4. The van der Waals surface area contributed by atoms with Crippen LogP contribution in [0.15, 0.2) is 224 Å². The minimum Gasteiger partial charge on any atom is -0.309 e. The first-order valence-corrected chi connectivity index (χ1v) is 26.5. The molecule has 2 heterocycles. The van der Waals surface area contributed by atoms with Crippen LogP contribution in [0.3, 0.4) is 0 Å². The lowest BCUT2D eigenvalue weighted by atomic mass is 9.91. The summed E-state index contributed by atoms with van der Waals surface area (Å²) in [6.07, 6.45) is -4.71. The van der Waals surface area contributed by atoms with Crippen LogP contribution in [0.1, 0.15) is 38.9 Å². The van der Waals surface area contributed by atoms with Crippen LogP contribution in [-0.4, -0.2) is 9.13 Å². The number of nitrogens with zero attached hydrogens (tertiary/aromatic N) is 8. The minimum atomic E-state index is -4.71. The second-order valence-corrected chi connectivity index (χ2v) is 20.2. The number of hydrogen-bond donors (Lipinski definition) is 0. The fraction of sp³-hybridized carbons (Fsp3) is 0.0137. The summed E-state index contributed by atoms with van der Waals surface area (Å²) in [7, 11) is 0. The van der Waals surface area contributed by atoms with Gasteiger partial charge in [0.1, 0.15) is 0 Å². The standard InChI is InChI=1S/C73H37F3N8/c74-73(75,76)55-23-25-61(54(31-55)43-82)48-22-28-70(84-71-29-20-46(59-15-7-3-11-51(59)40-79)35-66(71)67-36-47(21-30-72(67)84)60-16-8-4-12-52(60)41-80)63(32-48)62-37-56(24-17-53(62)42-81)83-68-26-18-44(57-13-5-1-9-49(57)38-77)33-64(68)65-34-45(19-27-69(65)83)58-14-6-2-10-50(58)39-78/h1-37H. The zero-order valence-corrected chi connectivity index (χ0v) is 44.1. The average molecular weight is 1080 g/mol. The first kappa shape index (κ1) is 51.2. The van der Waals surface area contributed by atoms with Gasteiger partial charge in [0.25, 0.3) is 0 Å². The van der Waals surface area contributed by atoms with Crippen molar-refractivity contribution in [2.24, 2.45) is 0 Å². The van der Waals surface area contributed by atoms with Crippen LogP contribution in [0.2, 0.25) is 0 Å². The third-order valence-corrected chi connectivity index (χ3v) is 15.7.